The summed E-state index contributed by atoms with van der Waals surface area (Å²) in [5, 5.41) is 11.0. The molecule has 0 bridgehead atoms. The van der Waals surface area contributed by atoms with Crippen LogP contribution in [0.25, 0.3) is 0 Å². The Hall–Kier alpha value is -4.22. The SMILES string of the molecule is CC[N+]1(OS(C)(=O)=O)CCC(Oc2ccc(C(=O)Nc3ccc(NC(=O)Nc4cc(C(C)(C)C(F)(F)F)on4)cc3)nc2)CC1. The molecule has 0 spiro atoms. The average Bonchev–Trinajstić information content (AvgIpc) is 3.43. The Morgan fingerprint density at radius 3 is 2.18 bits per heavy atom. The molecular formula is C28H34F3N6O7S+. The van der Waals surface area contributed by atoms with Gasteiger partial charge in [-0.2, -0.15) is 26.2 Å². The van der Waals surface area contributed by atoms with E-state index in [0.29, 0.717) is 49.6 Å². The maximum absolute atomic E-state index is 13.2. The molecule has 0 aliphatic carbocycles. The molecule has 4 rings (SSSR count). The number of amides is 3. The summed E-state index contributed by atoms with van der Waals surface area (Å²) in [6, 6.07) is 9.48. The first-order valence-corrected chi connectivity index (χ1v) is 15.7. The summed E-state index contributed by atoms with van der Waals surface area (Å²) in [4.78, 5) is 29.2. The first-order chi connectivity index (χ1) is 21.0. The van der Waals surface area contributed by atoms with Crippen molar-refractivity contribution in [1.29, 1.82) is 0 Å². The highest BCUT2D eigenvalue weighted by Crippen LogP contribution is 2.41. The zero-order chi connectivity index (χ0) is 33.0. The molecule has 0 radical (unpaired) electrons. The quantitative estimate of drug-likeness (QED) is 0.253. The molecule has 3 heterocycles. The lowest BCUT2D eigenvalue weighted by atomic mass is 9.89. The number of aromatic nitrogens is 2. The third-order valence-electron chi connectivity index (χ3n) is 7.34. The number of hydrogen-bond donors (Lipinski definition) is 3. The lowest BCUT2D eigenvalue weighted by Crippen LogP contribution is -2.55. The number of rotatable bonds is 10. The normalized spacial score (nSPS) is 19.0. The molecule has 17 heteroatoms. The van der Waals surface area contributed by atoms with Gasteiger partial charge >= 0.3 is 22.3 Å². The van der Waals surface area contributed by atoms with Crippen molar-refractivity contribution in [3.05, 3.63) is 60.1 Å². The van der Waals surface area contributed by atoms with Crippen LogP contribution in [-0.4, -0.2) is 73.3 Å². The highest BCUT2D eigenvalue weighted by Gasteiger charge is 2.51. The number of urea groups is 1. The van der Waals surface area contributed by atoms with Gasteiger partial charge in [0.2, 0.25) is 0 Å². The summed E-state index contributed by atoms with van der Waals surface area (Å²) < 4.78 is 79.0. The average molecular weight is 656 g/mol. The second kappa shape index (κ2) is 13.0. The number of alkyl halides is 3. The third kappa shape index (κ3) is 8.70. The number of piperidine rings is 1. The number of anilines is 3. The number of halogens is 3. The van der Waals surface area contributed by atoms with Gasteiger partial charge in [0.15, 0.2) is 11.6 Å². The first-order valence-electron chi connectivity index (χ1n) is 13.9. The highest BCUT2D eigenvalue weighted by molar-refractivity contribution is 7.85. The van der Waals surface area contributed by atoms with Crippen LogP contribution in [0.5, 0.6) is 5.75 Å². The van der Waals surface area contributed by atoms with Crippen LogP contribution in [0.1, 0.15) is 49.9 Å². The fraction of sp³-hybridized carbons (Fsp3) is 0.429. The molecule has 3 amide bonds. The lowest BCUT2D eigenvalue weighted by Gasteiger charge is -2.38. The predicted molar refractivity (Wildman–Crippen MR) is 157 cm³/mol. The fourth-order valence-electron chi connectivity index (χ4n) is 4.52. The number of nitrogens with zero attached hydrogens (tertiary/aromatic N) is 3. The Morgan fingerprint density at radius 1 is 1.02 bits per heavy atom. The van der Waals surface area contributed by atoms with Crippen molar-refractivity contribution in [3.8, 4) is 5.75 Å². The Kier molecular flexibility index (Phi) is 9.74. The summed E-state index contributed by atoms with van der Waals surface area (Å²) in [5.41, 5.74) is -1.40. The van der Waals surface area contributed by atoms with Crippen molar-refractivity contribution in [2.75, 3.05) is 41.8 Å². The van der Waals surface area contributed by atoms with Crippen LogP contribution >= 0.6 is 0 Å². The molecule has 0 unspecified atom stereocenters. The Labute approximate surface area is 257 Å². The molecule has 0 saturated carbocycles. The van der Waals surface area contributed by atoms with Crippen molar-refractivity contribution in [3.63, 3.8) is 0 Å². The van der Waals surface area contributed by atoms with Gasteiger partial charge in [-0.1, -0.05) is 9.44 Å². The summed E-state index contributed by atoms with van der Waals surface area (Å²) >= 11 is 0. The Balaban J connectivity index is 1.25. The van der Waals surface area contributed by atoms with E-state index in [2.05, 4.69) is 26.1 Å². The summed E-state index contributed by atoms with van der Waals surface area (Å²) in [7, 11) is -3.60. The van der Waals surface area contributed by atoms with E-state index in [9.17, 15) is 31.2 Å². The van der Waals surface area contributed by atoms with Gasteiger partial charge in [-0.3, -0.25) is 10.1 Å². The van der Waals surface area contributed by atoms with Crippen molar-refractivity contribution in [1.82, 2.24) is 10.1 Å². The van der Waals surface area contributed by atoms with Crippen LogP contribution in [0, 0.1) is 0 Å². The minimum atomic E-state index is -4.57. The lowest BCUT2D eigenvalue weighted by molar-refractivity contribution is -1.08. The van der Waals surface area contributed by atoms with E-state index in [4.69, 9.17) is 13.5 Å². The van der Waals surface area contributed by atoms with Crippen LogP contribution in [0.4, 0.5) is 35.2 Å². The Morgan fingerprint density at radius 2 is 1.64 bits per heavy atom. The highest BCUT2D eigenvalue weighted by atomic mass is 32.2. The van der Waals surface area contributed by atoms with Crippen molar-refractivity contribution < 1.29 is 49.4 Å². The standard InChI is InChI=1S/C28H33F3N6O7S/c1-5-37(44-45(4,40)41)14-12-20(13-15-37)42-21-10-11-22(32-17-21)25(38)33-18-6-8-19(9-7-18)34-26(39)35-24-16-23(43-36-24)27(2,3)28(29,30)31/h6-11,16-17,20H,5,12-15H2,1-4H3,(H2-,32,33,34,35,36,38,39)/p+1. The summed E-state index contributed by atoms with van der Waals surface area (Å²) in [6.45, 7) is 5.22. The van der Waals surface area contributed by atoms with E-state index < -0.39 is 39.4 Å². The molecule has 3 aromatic rings. The summed E-state index contributed by atoms with van der Waals surface area (Å²) in [6.07, 6.45) is -1.09. The van der Waals surface area contributed by atoms with Crippen LogP contribution < -0.4 is 20.7 Å². The smallest absolute Gasteiger partial charge is 0.401 e. The molecule has 13 nitrogen and oxygen atoms in total. The predicted octanol–water partition coefficient (Wildman–Crippen LogP) is 5.07. The monoisotopic (exact) mass is 655 g/mol. The third-order valence-corrected chi connectivity index (χ3v) is 7.92. The van der Waals surface area contributed by atoms with Crippen LogP contribution in [-0.2, 0) is 19.8 Å². The molecule has 1 fully saturated rings. The van der Waals surface area contributed by atoms with Crippen LogP contribution in [0.3, 0.4) is 0 Å². The van der Waals surface area contributed by atoms with Gasteiger partial charge in [0, 0.05) is 30.3 Å². The van der Waals surface area contributed by atoms with Gasteiger partial charge in [-0.25, -0.2) is 9.78 Å². The molecular weight excluding hydrogens is 621 g/mol. The molecule has 0 atom stereocenters. The molecule has 1 aliphatic rings. The minimum absolute atomic E-state index is 0.0246. The topological polar surface area (TPSA) is 162 Å². The van der Waals surface area contributed by atoms with E-state index in [1.807, 2.05) is 6.92 Å². The van der Waals surface area contributed by atoms with E-state index in [-0.39, 0.29) is 22.3 Å². The largest absolute Gasteiger partial charge is 0.488 e. The summed E-state index contributed by atoms with van der Waals surface area (Å²) in [5.74, 6) is -0.656. The Bertz CT molecular complexity index is 1600. The fourth-order valence-corrected chi connectivity index (χ4v) is 5.35. The van der Waals surface area contributed by atoms with E-state index >= 15 is 0 Å². The second-order valence-electron chi connectivity index (χ2n) is 11.1. The van der Waals surface area contributed by atoms with Gasteiger partial charge in [0.05, 0.1) is 12.5 Å². The van der Waals surface area contributed by atoms with Crippen molar-refractivity contribution in [2.24, 2.45) is 0 Å². The van der Waals surface area contributed by atoms with E-state index in [1.165, 1.54) is 36.5 Å². The number of carbonyl (C=O) groups is 2. The number of benzene rings is 1. The van der Waals surface area contributed by atoms with Gasteiger partial charge in [-0.15, -0.1) is 0 Å². The van der Waals surface area contributed by atoms with Crippen LogP contribution in [0.2, 0.25) is 0 Å². The molecule has 1 aliphatic heterocycles. The maximum Gasteiger partial charge on any atom is 0.401 e. The number of hydroxylamine groups is 3. The van der Waals surface area contributed by atoms with Crippen LogP contribution in [0.15, 0.2) is 53.2 Å². The van der Waals surface area contributed by atoms with E-state index in [1.54, 1.807) is 6.07 Å². The van der Waals surface area contributed by atoms with Gasteiger partial charge in [0.25, 0.3) is 5.91 Å². The molecule has 1 saturated heterocycles. The number of ether oxygens (including phenoxy) is 1. The second-order valence-corrected chi connectivity index (χ2v) is 12.7. The molecule has 244 valence electrons. The van der Waals surface area contributed by atoms with Gasteiger partial charge in [0.1, 0.15) is 42.6 Å². The number of quaternary nitrogens is 1. The zero-order valence-corrected chi connectivity index (χ0v) is 25.8. The molecule has 1 aromatic carbocycles. The number of hydrogen-bond acceptors (Lipinski definition) is 9. The number of pyridine rings is 1. The van der Waals surface area contributed by atoms with E-state index in [0.717, 1.165) is 26.2 Å². The van der Waals surface area contributed by atoms with Gasteiger partial charge in [-0.05, 0) is 57.2 Å². The zero-order valence-electron chi connectivity index (χ0n) is 25.0. The number of likely N-dealkylation sites (tertiary alicyclic amines) is 1. The molecule has 45 heavy (non-hydrogen) atoms. The first kappa shape index (κ1) is 33.7. The van der Waals surface area contributed by atoms with Gasteiger partial charge < -0.3 is 19.9 Å². The minimum Gasteiger partial charge on any atom is -0.488 e. The maximum atomic E-state index is 13.2. The number of nitrogens with one attached hydrogen (secondary N) is 3. The number of carbonyl (C=O) groups excluding carboxylic acids is 2. The van der Waals surface area contributed by atoms with Crippen molar-refractivity contribution >= 4 is 39.2 Å². The molecule has 3 N–H and O–H groups in total. The van der Waals surface area contributed by atoms with Crippen molar-refractivity contribution in [2.45, 2.75) is 51.3 Å². The molecule has 2 aromatic heterocycles.